The summed E-state index contributed by atoms with van der Waals surface area (Å²) >= 11 is 0. The second-order valence-electron chi connectivity index (χ2n) is 14.6. The molecule has 0 amide bonds. The van der Waals surface area contributed by atoms with Crippen molar-refractivity contribution in [2.75, 3.05) is 0 Å². The van der Waals surface area contributed by atoms with Crippen LogP contribution >= 0.6 is 0 Å². The lowest BCUT2D eigenvalue weighted by molar-refractivity contribution is 0.664. The van der Waals surface area contributed by atoms with Gasteiger partial charge in [-0.15, -0.1) is 0 Å². The Balaban J connectivity index is 1.03. The number of hydrogen-bond donors (Lipinski definition) is 1. The van der Waals surface area contributed by atoms with Crippen molar-refractivity contribution in [2.24, 2.45) is 9.98 Å². The molecule has 5 nitrogen and oxygen atoms in total. The quantitative estimate of drug-likeness (QED) is 0.197. The molecule has 0 radical (unpaired) electrons. The summed E-state index contributed by atoms with van der Waals surface area (Å²) in [6.45, 7) is 0. The Morgan fingerprint density at radius 1 is 0.482 bits per heavy atom. The van der Waals surface area contributed by atoms with Gasteiger partial charge in [0.2, 0.25) is 0 Å². The number of rotatable bonds is 4. The maximum Gasteiger partial charge on any atom is 0.159 e. The predicted octanol–water partition coefficient (Wildman–Crippen LogP) is 12.6. The number of aromatic nitrogens is 1. The van der Waals surface area contributed by atoms with Gasteiger partial charge in [-0.25, -0.2) is 9.98 Å². The Labute approximate surface area is 321 Å². The van der Waals surface area contributed by atoms with Crippen LogP contribution in [0.2, 0.25) is 0 Å². The van der Waals surface area contributed by atoms with Gasteiger partial charge in [0.05, 0.1) is 16.7 Å². The summed E-state index contributed by atoms with van der Waals surface area (Å²) in [5, 5.41) is 15.4. The summed E-state index contributed by atoms with van der Waals surface area (Å²) in [5.41, 5.74) is 7.97. The highest BCUT2D eigenvalue weighted by Gasteiger charge is 2.24. The number of aliphatic imine (C=N–C) groups is 2. The number of para-hydroxylation sites is 2. The van der Waals surface area contributed by atoms with Crippen LogP contribution in [0.4, 0.5) is 0 Å². The molecule has 1 aliphatic rings. The molecule has 3 heterocycles. The van der Waals surface area contributed by atoms with Crippen LogP contribution in [0, 0.1) is 0 Å². The highest BCUT2D eigenvalue weighted by Crippen LogP contribution is 2.40. The van der Waals surface area contributed by atoms with Gasteiger partial charge in [-0.3, -0.25) is 0 Å². The number of benzene rings is 9. The summed E-state index contributed by atoms with van der Waals surface area (Å²) in [6.07, 6.45) is -0.336. The van der Waals surface area contributed by atoms with Crippen LogP contribution in [-0.2, 0) is 0 Å². The van der Waals surface area contributed by atoms with E-state index in [1.807, 2.05) is 0 Å². The van der Waals surface area contributed by atoms with Crippen molar-refractivity contribution in [1.29, 1.82) is 0 Å². The van der Waals surface area contributed by atoms with E-state index in [1.54, 1.807) is 0 Å². The maximum atomic E-state index is 6.93. The SMILES string of the molecule is c1ccc2cc(C3=NC(c4ccc5ccccc5c4)NC(c4ccc5c(c4)oc4c(-n6c7ccccc7c7ccc8ccccc8c76)cccc45)=N3)ccc2c1. The molecule has 1 aliphatic heterocycles. The molecular weight excluding hydrogens is 685 g/mol. The molecule has 5 heteroatoms. The van der Waals surface area contributed by atoms with Gasteiger partial charge in [-0.1, -0.05) is 146 Å². The third kappa shape index (κ3) is 4.74. The third-order valence-electron chi connectivity index (χ3n) is 11.4. The normalized spacial score (nSPS) is 14.6. The molecule has 0 saturated heterocycles. The molecule has 1 N–H and O–H groups in total. The van der Waals surface area contributed by atoms with Crippen LogP contribution in [0.15, 0.2) is 196 Å². The molecule has 12 rings (SSSR count). The first-order chi connectivity index (χ1) is 27.7. The van der Waals surface area contributed by atoms with Gasteiger partial charge in [0, 0.05) is 38.1 Å². The van der Waals surface area contributed by atoms with E-state index in [1.165, 1.54) is 43.2 Å². The second kappa shape index (κ2) is 12.0. The minimum Gasteiger partial charge on any atom is -0.454 e. The van der Waals surface area contributed by atoms with Crippen molar-refractivity contribution in [2.45, 2.75) is 6.17 Å². The molecule has 0 saturated carbocycles. The molecule has 56 heavy (non-hydrogen) atoms. The summed E-state index contributed by atoms with van der Waals surface area (Å²) in [5.74, 6) is 1.44. The zero-order valence-electron chi connectivity index (χ0n) is 30.1. The number of furan rings is 1. The Hall–Kier alpha value is -7.50. The Morgan fingerprint density at radius 3 is 2.00 bits per heavy atom. The van der Waals surface area contributed by atoms with Gasteiger partial charge in [0.1, 0.15) is 17.6 Å². The standard InChI is InChI=1S/C51H32N4O/c1-3-13-34-28-36(22-20-31(34)10-1)49-52-50(37-23-21-32-11-2-4-14-35(32)29-37)54-51(53-49)38-25-26-41-43-17-9-19-45(48(43)56-46(41)30-38)55-44-18-8-7-16-40(44)42-27-24-33-12-5-6-15-39(33)47(42)55/h1-30,49H,(H,52,53,54). The molecule has 1 unspecified atom stereocenters. The molecule has 0 spiro atoms. The summed E-state index contributed by atoms with van der Waals surface area (Å²) in [6, 6.07) is 64.5. The van der Waals surface area contributed by atoms with E-state index in [9.17, 15) is 0 Å². The number of amidine groups is 2. The molecule has 262 valence electrons. The van der Waals surface area contributed by atoms with Gasteiger partial charge in [0.25, 0.3) is 0 Å². The minimum absolute atomic E-state index is 0.336. The van der Waals surface area contributed by atoms with Crippen molar-refractivity contribution in [3.63, 3.8) is 0 Å². The number of nitrogens with zero attached hydrogens (tertiary/aromatic N) is 3. The van der Waals surface area contributed by atoms with Crippen molar-refractivity contribution in [3.05, 3.63) is 199 Å². The fourth-order valence-corrected chi connectivity index (χ4v) is 8.69. The topological polar surface area (TPSA) is 54.8 Å². The Morgan fingerprint density at radius 2 is 1.14 bits per heavy atom. The van der Waals surface area contributed by atoms with Crippen LogP contribution in [0.1, 0.15) is 22.9 Å². The van der Waals surface area contributed by atoms with E-state index >= 15 is 0 Å². The van der Waals surface area contributed by atoms with Gasteiger partial charge in [-0.2, -0.15) is 0 Å². The van der Waals surface area contributed by atoms with Crippen molar-refractivity contribution in [1.82, 2.24) is 9.88 Å². The summed E-state index contributed by atoms with van der Waals surface area (Å²) in [4.78, 5) is 10.4. The zero-order chi connectivity index (χ0) is 36.7. The average Bonchev–Trinajstić information content (AvgIpc) is 3.82. The van der Waals surface area contributed by atoms with Gasteiger partial charge in [0.15, 0.2) is 11.4 Å². The Kier molecular flexibility index (Phi) is 6.63. The molecule has 9 aromatic carbocycles. The number of nitrogens with one attached hydrogen (secondary N) is 1. The van der Waals surface area contributed by atoms with Gasteiger partial charge >= 0.3 is 0 Å². The first-order valence-electron chi connectivity index (χ1n) is 19.0. The maximum absolute atomic E-state index is 6.93. The third-order valence-corrected chi connectivity index (χ3v) is 11.4. The number of fused-ring (bicyclic) bond motifs is 10. The fraction of sp³-hybridized carbons (Fsp3) is 0.0196. The lowest BCUT2D eigenvalue weighted by Gasteiger charge is -2.24. The fourth-order valence-electron chi connectivity index (χ4n) is 8.69. The Bertz CT molecular complexity index is 3480. The summed E-state index contributed by atoms with van der Waals surface area (Å²) in [7, 11) is 0. The molecule has 0 aliphatic carbocycles. The van der Waals surface area contributed by atoms with Crippen LogP contribution in [-0.4, -0.2) is 16.2 Å². The van der Waals surface area contributed by atoms with Crippen LogP contribution in [0.5, 0.6) is 0 Å². The van der Waals surface area contributed by atoms with E-state index in [0.717, 1.165) is 61.1 Å². The van der Waals surface area contributed by atoms with E-state index in [4.69, 9.17) is 14.4 Å². The van der Waals surface area contributed by atoms with E-state index in [2.05, 4.69) is 192 Å². The van der Waals surface area contributed by atoms with Gasteiger partial charge in [-0.05, 0) is 68.9 Å². The molecule has 1 atom stereocenters. The molecule has 0 bridgehead atoms. The molecular formula is C51H32N4O. The zero-order valence-corrected chi connectivity index (χ0v) is 30.1. The average molecular weight is 717 g/mol. The first kappa shape index (κ1) is 30.9. The van der Waals surface area contributed by atoms with Crippen molar-refractivity contribution in [3.8, 4) is 5.69 Å². The summed E-state index contributed by atoms with van der Waals surface area (Å²) < 4.78 is 9.32. The van der Waals surface area contributed by atoms with Crippen molar-refractivity contribution < 1.29 is 4.42 Å². The largest absolute Gasteiger partial charge is 0.454 e. The van der Waals surface area contributed by atoms with Gasteiger partial charge < -0.3 is 14.3 Å². The molecule has 11 aromatic rings. The van der Waals surface area contributed by atoms with E-state index in [-0.39, 0.29) is 6.17 Å². The van der Waals surface area contributed by atoms with Crippen LogP contribution < -0.4 is 5.32 Å². The van der Waals surface area contributed by atoms with Crippen molar-refractivity contribution >= 4 is 87.7 Å². The second-order valence-corrected chi connectivity index (χ2v) is 14.6. The highest BCUT2D eigenvalue weighted by atomic mass is 16.3. The smallest absolute Gasteiger partial charge is 0.159 e. The molecule has 2 aromatic heterocycles. The van der Waals surface area contributed by atoms with E-state index < -0.39 is 0 Å². The van der Waals surface area contributed by atoms with E-state index in [0.29, 0.717) is 5.84 Å². The lowest BCUT2D eigenvalue weighted by Crippen LogP contribution is -2.33. The monoisotopic (exact) mass is 716 g/mol. The highest BCUT2D eigenvalue weighted by molar-refractivity contribution is 6.20. The minimum atomic E-state index is -0.336. The van der Waals surface area contributed by atoms with Crippen LogP contribution in [0.25, 0.3) is 81.7 Å². The molecule has 0 fully saturated rings. The first-order valence-corrected chi connectivity index (χ1v) is 19.0. The predicted molar refractivity (Wildman–Crippen MR) is 232 cm³/mol. The van der Waals surface area contributed by atoms with Crippen LogP contribution in [0.3, 0.4) is 0 Å². The lowest BCUT2D eigenvalue weighted by atomic mass is 10.0. The number of hydrogen-bond acceptors (Lipinski definition) is 4.